The molecule has 0 unspecified atom stereocenters. The average molecular weight is 589 g/mol. The van der Waals surface area contributed by atoms with Crippen LogP contribution in [-0.4, -0.2) is 31.6 Å². The van der Waals surface area contributed by atoms with Gasteiger partial charge in [0.25, 0.3) is 10.0 Å². The molecule has 0 aliphatic carbocycles. The number of rotatable bonds is 11. The highest BCUT2D eigenvalue weighted by molar-refractivity contribution is 7.93. The zero-order valence-corrected chi connectivity index (χ0v) is 23.5. The lowest BCUT2D eigenvalue weighted by molar-refractivity contribution is -0.172. The van der Waals surface area contributed by atoms with E-state index in [0.717, 1.165) is 11.3 Å². The third-order valence-electron chi connectivity index (χ3n) is 6.58. The molecule has 0 fully saturated rings. The number of thiazole rings is 1. The van der Waals surface area contributed by atoms with Crippen LogP contribution in [0.4, 0.5) is 9.52 Å². The summed E-state index contributed by atoms with van der Waals surface area (Å²) in [5.74, 6) is -2.50. The maximum absolute atomic E-state index is 14.7. The Balaban J connectivity index is 1.71. The zero-order chi connectivity index (χ0) is 28.2. The van der Waals surface area contributed by atoms with Crippen LogP contribution in [0, 0.1) is 18.7 Å². The number of ether oxygens (including phenoxy) is 1. The number of hydrogen-bond donors (Lipinski definition) is 2. The molecule has 4 aromatic rings. The number of aromatic nitrogens is 1. The molecule has 0 spiro atoms. The van der Waals surface area contributed by atoms with E-state index in [-0.39, 0.29) is 22.9 Å². The van der Waals surface area contributed by atoms with Crippen LogP contribution in [-0.2, 0) is 38.0 Å². The lowest BCUT2D eigenvalue weighted by Gasteiger charge is -2.36. The van der Waals surface area contributed by atoms with Crippen molar-refractivity contribution in [2.75, 3.05) is 11.8 Å². The number of carbonyl (C=O) groups is 1. The fourth-order valence-corrected chi connectivity index (χ4v) is 7.10. The SMILES string of the molecule is CO[C@@](C(=O)O)(c1ccccc1)[C@H](Cc1csc(NS(=O)(=O)c2cccc(Cl)c2C)n1)Cc1ccccc1F. The van der Waals surface area contributed by atoms with Crippen LogP contribution in [0.1, 0.15) is 22.4 Å². The summed E-state index contributed by atoms with van der Waals surface area (Å²) in [5, 5.41) is 12.5. The van der Waals surface area contributed by atoms with Gasteiger partial charge in [0.15, 0.2) is 10.7 Å². The number of aliphatic carboxylic acids is 1. The fraction of sp³-hybridized carbons (Fsp3) is 0.214. The van der Waals surface area contributed by atoms with E-state index >= 15 is 0 Å². The van der Waals surface area contributed by atoms with Crippen molar-refractivity contribution in [3.63, 3.8) is 0 Å². The van der Waals surface area contributed by atoms with Crippen LogP contribution >= 0.6 is 22.9 Å². The number of nitrogens with one attached hydrogen (secondary N) is 1. The summed E-state index contributed by atoms with van der Waals surface area (Å²) in [7, 11) is -2.67. The second kappa shape index (κ2) is 11.8. The highest BCUT2D eigenvalue weighted by Gasteiger charge is 2.48. The van der Waals surface area contributed by atoms with Crippen LogP contribution in [0.25, 0.3) is 0 Å². The van der Waals surface area contributed by atoms with E-state index < -0.39 is 33.3 Å². The zero-order valence-electron chi connectivity index (χ0n) is 21.1. The first-order valence-corrected chi connectivity index (χ1v) is 14.6. The van der Waals surface area contributed by atoms with Crippen LogP contribution in [0.15, 0.2) is 83.1 Å². The van der Waals surface area contributed by atoms with Crippen molar-refractivity contribution in [2.24, 2.45) is 5.92 Å². The molecular formula is C28H26ClFN2O5S2. The minimum Gasteiger partial charge on any atom is -0.479 e. The van der Waals surface area contributed by atoms with Gasteiger partial charge in [-0.2, -0.15) is 0 Å². The lowest BCUT2D eigenvalue weighted by Crippen LogP contribution is -2.47. The molecule has 0 aliphatic heterocycles. The van der Waals surface area contributed by atoms with Gasteiger partial charge in [-0.1, -0.05) is 66.2 Å². The van der Waals surface area contributed by atoms with Gasteiger partial charge in [-0.15, -0.1) is 11.3 Å². The Hall–Kier alpha value is -3.31. The number of carboxylic acid groups (broad SMARTS) is 1. The van der Waals surface area contributed by atoms with E-state index in [9.17, 15) is 22.7 Å². The number of nitrogens with zero attached hydrogens (tertiary/aromatic N) is 1. The third-order valence-corrected chi connectivity index (χ3v) is 9.41. The minimum atomic E-state index is -3.98. The molecular weight excluding hydrogens is 563 g/mol. The van der Waals surface area contributed by atoms with Crippen molar-refractivity contribution < 1.29 is 27.4 Å². The third kappa shape index (κ3) is 5.99. The molecule has 3 aromatic carbocycles. The minimum absolute atomic E-state index is 0.0255. The molecule has 0 amide bonds. The van der Waals surface area contributed by atoms with E-state index in [1.807, 2.05) is 0 Å². The number of anilines is 1. The topological polar surface area (TPSA) is 106 Å². The summed E-state index contributed by atoms with van der Waals surface area (Å²) in [6, 6.07) is 19.2. The first-order chi connectivity index (χ1) is 18.6. The lowest BCUT2D eigenvalue weighted by atomic mass is 9.75. The smallest absolute Gasteiger partial charge is 0.340 e. The van der Waals surface area contributed by atoms with Crippen LogP contribution < -0.4 is 4.72 Å². The predicted octanol–water partition coefficient (Wildman–Crippen LogP) is 6.07. The Kier molecular flexibility index (Phi) is 8.70. The first kappa shape index (κ1) is 28.7. The van der Waals surface area contributed by atoms with Crippen LogP contribution in [0.3, 0.4) is 0 Å². The van der Waals surface area contributed by atoms with Gasteiger partial charge in [-0.3, -0.25) is 4.72 Å². The number of sulfonamides is 1. The molecule has 2 N–H and O–H groups in total. The standard InChI is InChI=1S/C28H26ClFN2O5S2/c1-18-23(29)12-8-14-25(18)39(35,36)32-27-31-22(17-38-27)16-21(15-19-9-6-7-13-24(19)30)28(37-2,26(33)34)20-10-4-3-5-11-20/h3-14,17,21H,15-16H2,1-2H3,(H,31,32)(H,33,34)/t21-,28-/m0/s1. The molecule has 0 saturated heterocycles. The summed E-state index contributed by atoms with van der Waals surface area (Å²) in [5.41, 5.74) is -0.268. The Labute approximate surface area is 235 Å². The number of carboxylic acids is 1. The van der Waals surface area contributed by atoms with Gasteiger partial charge in [-0.05, 0) is 54.7 Å². The summed E-state index contributed by atoms with van der Waals surface area (Å²) >= 11 is 7.16. The number of hydrogen-bond acceptors (Lipinski definition) is 6. The predicted molar refractivity (Wildman–Crippen MR) is 149 cm³/mol. The first-order valence-electron chi connectivity index (χ1n) is 11.9. The number of benzene rings is 3. The quantitative estimate of drug-likeness (QED) is 0.220. The second-order valence-electron chi connectivity index (χ2n) is 8.92. The largest absolute Gasteiger partial charge is 0.479 e. The van der Waals surface area contributed by atoms with Crippen molar-refractivity contribution in [1.29, 1.82) is 0 Å². The van der Waals surface area contributed by atoms with Crippen molar-refractivity contribution >= 4 is 44.1 Å². The van der Waals surface area contributed by atoms with Crippen molar-refractivity contribution in [3.8, 4) is 0 Å². The number of methoxy groups -OCH3 is 1. The molecule has 1 aromatic heterocycles. The van der Waals surface area contributed by atoms with E-state index in [4.69, 9.17) is 16.3 Å². The Bertz CT molecular complexity index is 1580. The molecule has 11 heteroatoms. The van der Waals surface area contributed by atoms with E-state index in [1.165, 1.54) is 19.2 Å². The monoisotopic (exact) mass is 588 g/mol. The van der Waals surface area contributed by atoms with Gasteiger partial charge in [0.2, 0.25) is 0 Å². The molecule has 4 rings (SSSR count). The number of halogens is 2. The summed E-state index contributed by atoms with van der Waals surface area (Å²) in [6.07, 6.45) is 0.0970. The van der Waals surface area contributed by atoms with Gasteiger partial charge in [0, 0.05) is 23.4 Å². The van der Waals surface area contributed by atoms with Gasteiger partial charge in [-0.25, -0.2) is 22.6 Å². The normalized spacial score (nSPS) is 13.9. The maximum atomic E-state index is 14.7. The maximum Gasteiger partial charge on any atom is 0.340 e. The van der Waals surface area contributed by atoms with Gasteiger partial charge in [0.05, 0.1) is 10.6 Å². The van der Waals surface area contributed by atoms with Crippen LogP contribution in [0.5, 0.6) is 0 Å². The average Bonchev–Trinajstić information content (AvgIpc) is 3.34. The fourth-order valence-electron chi connectivity index (χ4n) is 4.63. The molecule has 39 heavy (non-hydrogen) atoms. The van der Waals surface area contributed by atoms with Crippen LogP contribution in [0.2, 0.25) is 5.02 Å². The second-order valence-corrected chi connectivity index (χ2v) is 11.8. The van der Waals surface area contributed by atoms with Crippen molar-refractivity contribution in [3.05, 3.63) is 111 Å². The molecule has 204 valence electrons. The van der Waals surface area contributed by atoms with E-state index in [0.29, 0.717) is 27.4 Å². The molecule has 0 radical (unpaired) electrons. The van der Waals surface area contributed by atoms with Gasteiger partial charge >= 0.3 is 5.97 Å². The molecule has 1 heterocycles. The Morgan fingerprint density at radius 1 is 1.10 bits per heavy atom. The molecule has 0 bridgehead atoms. The van der Waals surface area contributed by atoms with Gasteiger partial charge < -0.3 is 9.84 Å². The van der Waals surface area contributed by atoms with Crippen molar-refractivity contribution in [2.45, 2.75) is 30.3 Å². The Morgan fingerprint density at radius 3 is 2.46 bits per heavy atom. The summed E-state index contributed by atoms with van der Waals surface area (Å²) in [6.45, 7) is 1.61. The summed E-state index contributed by atoms with van der Waals surface area (Å²) in [4.78, 5) is 17.3. The van der Waals surface area contributed by atoms with E-state index in [2.05, 4.69) is 9.71 Å². The summed E-state index contributed by atoms with van der Waals surface area (Å²) < 4.78 is 49.0. The molecule has 0 aliphatic rings. The van der Waals surface area contributed by atoms with Gasteiger partial charge in [0.1, 0.15) is 5.82 Å². The Morgan fingerprint density at radius 2 is 1.79 bits per heavy atom. The van der Waals surface area contributed by atoms with Crippen molar-refractivity contribution in [1.82, 2.24) is 4.98 Å². The highest BCUT2D eigenvalue weighted by Crippen LogP contribution is 2.39. The molecule has 0 saturated carbocycles. The molecule has 7 nitrogen and oxygen atoms in total. The highest BCUT2D eigenvalue weighted by atomic mass is 35.5. The van der Waals surface area contributed by atoms with E-state index in [1.54, 1.807) is 73.0 Å². The molecule has 2 atom stereocenters.